The van der Waals surface area contributed by atoms with Gasteiger partial charge in [0.25, 0.3) is 0 Å². The van der Waals surface area contributed by atoms with Gasteiger partial charge in [-0.1, -0.05) is 60.7 Å². The molecule has 0 radical (unpaired) electrons. The van der Waals surface area contributed by atoms with E-state index in [4.69, 9.17) is 33.2 Å². The fraction of sp³-hybridized carbons (Fsp3) is 0.333. The first-order valence-corrected chi connectivity index (χ1v) is 14.1. The Morgan fingerprint density at radius 1 is 0.750 bits per heavy atom. The molecule has 230 valence electrons. The summed E-state index contributed by atoms with van der Waals surface area (Å²) in [5, 5.41) is 0. The predicted molar refractivity (Wildman–Crippen MR) is 153 cm³/mol. The second-order valence-corrected chi connectivity index (χ2v) is 10.3. The summed E-state index contributed by atoms with van der Waals surface area (Å²) in [4.78, 5) is 48.2. The van der Waals surface area contributed by atoms with Gasteiger partial charge in [0, 0.05) is 43.9 Å². The lowest BCUT2D eigenvalue weighted by molar-refractivity contribution is -0.274. The van der Waals surface area contributed by atoms with E-state index >= 15 is 0 Å². The summed E-state index contributed by atoms with van der Waals surface area (Å²) in [5.74, 6) is -2.57. The van der Waals surface area contributed by atoms with Crippen LogP contribution in [0, 0.1) is 0 Å². The SMILES string of the molecule is CC(=O)OCC1OC(OCC(=O)c2ccc3c(c2)OC(c2ccccc2)(c2ccccc2)O3)C(OC(C)=O)CC1OC(C)=O. The summed E-state index contributed by atoms with van der Waals surface area (Å²) >= 11 is 0. The van der Waals surface area contributed by atoms with E-state index in [0.717, 1.165) is 11.1 Å². The molecule has 3 aromatic rings. The van der Waals surface area contributed by atoms with Crippen LogP contribution in [0.1, 0.15) is 48.7 Å². The standard InChI is InChI=1S/C33H32O11/c1-20(34)38-19-31-28(40-21(2)35)17-30(41-22(3)36)32(42-31)39-18-26(37)23-14-15-27-29(16-23)44-33(43-27,24-10-6-4-7-11-24)25-12-8-5-9-13-25/h4-16,28,30-32H,17-19H2,1-3H3. The zero-order valence-electron chi connectivity index (χ0n) is 24.4. The van der Waals surface area contributed by atoms with Crippen LogP contribution in [-0.2, 0) is 43.9 Å². The number of fused-ring (bicyclic) bond motifs is 1. The first-order chi connectivity index (χ1) is 21.1. The van der Waals surface area contributed by atoms with E-state index in [1.807, 2.05) is 60.7 Å². The Morgan fingerprint density at radius 3 is 1.93 bits per heavy atom. The molecule has 2 heterocycles. The molecule has 4 atom stereocenters. The molecule has 0 spiro atoms. The van der Waals surface area contributed by atoms with Crippen LogP contribution < -0.4 is 9.47 Å². The molecule has 0 amide bonds. The molecule has 0 aliphatic carbocycles. The highest BCUT2D eigenvalue weighted by Gasteiger charge is 2.46. The number of carbonyl (C=O) groups is 4. The number of carbonyl (C=O) groups excluding carboxylic acids is 4. The lowest BCUT2D eigenvalue weighted by Gasteiger charge is -2.39. The fourth-order valence-corrected chi connectivity index (χ4v) is 5.12. The van der Waals surface area contributed by atoms with E-state index in [1.54, 1.807) is 18.2 Å². The minimum Gasteiger partial charge on any atom is -0.463 e. The van der Waals surface area contributed by atoms with Crippen molar-refractivity contribution in [1.82, 2.24) is 0 Å². The number of esters is 3. The van der Waals surface area contributed by atoms with Crippen LogP contribution in [-0.4, -0.2) is 61.5 Å². The molecular weight excluding hydrogens is 572 g/mol. The zero-order valence-corrected chi connectivity index (χ0v) is 24.4. The van der Waals surface area contributed by atoms with Gasteiger partial charge in [0.15, 0.2) is 29.7 Å². The van der Waals surface area contributed by atoms with Crippen LogP contribution in [0.3, 0.4) is 0 Å². The van der Waals surface area contributed by atoms with E-state index in [1.165, 1.54) is 20.8 Å². The molecule has 11 heteroatoms. The second kappa shape index (κ2) is 13.3. The Morgan fingerprint density at radius 2 is 1.34 bits per heavy atom. The Hall–Kier alpha value is -4.74. The summed E-state index contributed by atoms with van der Waals surface area (Å²) in [6.07, 6.45) is -3.98. The molecule has 1 saturated heterocycles. The molecule has 2 aliphatic heterocycles. The van der Waals surface area contributed by atoms with Crippen LogP contribution >= 0.6 is 0 Å². The van der Waals surface area contributed by atoms with Gasteiger partial charge in [-0.15, -0.1) is 0 Å². The smallest absolute Gasteiger partial charge is 0.305 e. The van der Waals surface area contributed by atoms with Crippen molar-refractivity contribution in [2.75, 3.05) is 13.2 Å². The molecule has 0 saturated carbocycles. The monoisotopic (exact) mass is 604 g/mol. The third-order valence-electron chi connectivity index (χ3n) is 7.04. The summed E-state index contributed by atoms with van der Waals surface area (Å²) in [5.41, 5.74) is 1.85. The highest BCUT2D eigenvalue weighted by molar-refractivity contribution is 5.97. The quantitative estimate of drug-likeness (QED) is 0.188. The molecule has 5 rings (SSSR count). The Bertz CT molecular complexity index is 1470. The third kappa shape index (κ3) is 6.90. The van der Waals surface area contributed by atoms with Gasteiger partial charge in [-0.25, -0.2) is 0 Å². The first-order valence-electron chi connectivity index (χ1n) is 14.1. The molecule has 4 unspecified atom stereocenters. The van der Waals surface area contributed by atoms with Crippen molar-refractivity contribution in [3.05, 3.63) is 95.6 Å². The fourth-order valence-electron chi connectivity index (χ4n) is 5.12. The molecule has 2 aliphatic rings. The van der Waals surface area contributed by atoms with Gasteiger partial charge >= 0.3 is 23.7 Å². The van der Waals surface area contributed by atoms with Gasteiger partial charge < -0.3 is 33.2 Å². The Balaban J connectivity index is 1.32. The average Bonchev–Trinajstić information content (AvgIpc) is 3.40. The number of ketones is 1. The first kappa shape index (κ1) is 30.7. The maximum Gasteiger partial charge on any atom is 0.305 e. The van der Waals surface area contributed by atoms with Crippen molar-refractivity contribution in [2.45, 2.75) is 57.6 Å². The van der Waals surface area contributed by atoms with Crippen LogP contribution in [0.2, 0.25) is 0 Å². The van der Waals surface area contributed by atoms with Crippen LogP contribution in [0.4, 0.5) is 0 Å². The topological polar surface area (TPSA) is 133 Å². The maximum atomic E-state index is 13.3. The lowest BCUT2D eigenvalue weighted by atomic mass is 9.97. The van der Waals surface area contributed by atoms with Crippen molar-refractivity contribution in [1.29, 1.82) is 0 Å². The number of benzene rings is 3. The molecule has 0 bridgehead atoms. The summed E-state index contributed by atoms with van der Waals surface area (Å²) in [7, 11) is 0. The minimum atomic E-state index is -1.24. The zero-order chi connectivity index (χ0) is 31.3. The normalized spacial score (nSPS) is 21.6. The number of Topliss-reactive ketones (excluding diaryl/α,β-unsaturated/α-hetero) is 1. The van der Waals surface area contributed by atoms with Crippen LogP contribution in [0.25, 0.3) is 0 Å². The number of rotatable bonds is 10. The van der Waals surface area contributed by atoms with E-state index in [2.05, 4.69) is 0 Å². The van der Waals surface area contributed by atoms with Crippen molar-refractivity contribution in [3.8, 4) is 11.5 Å². The van der Waals surface area contributed by atoms with E-state index in [0.29, 0.717) is 17.1 Å². The van der Waals surface area contributed by atoms with Crippen molar-refractivity contribution >= 4 is 23.7 Å². The largest absolute Gasteiger partial charge is 0.463 e. The minimum absolute atomic E-state index is 0.00896. The Kier molecular flexibility index (Phi) is 9.26. The van der Waals surface area contributed by atoms with Gasteiger partial charge in [-0.2, -0.15) is 0 Å². The predicted octanol–water partition coefficient (Wildman–Crippen LogP) is 4.10. The third-order valence-corrected chi connectivity index (χ3v) is 7.04. The van der Waals surface area contributed by atoms with E-state index in [-0.39, 0.29) is 13.0 Å². The van der Waals surface area contributed by atoms with Crippen LogP contribution in [0.15, 0.2) is 78.9 Å². The van der Waals surface area contributed by atoms with Gasteiger partial charge in [0.1, 0.15) is 25.4 Å². The van der Waals surface area contributed by atoms with Gasteiger partial charge in [-0.3, -0.25) is 19.2 Å². The maximum absolute atomic E-state index is 13.3. The molecule has 1 fully saturated rings. The summed E-state index contributed by atoms with van der Waals surface area (Å²) in [6.45, 7) is 2.99. The van der Waals surface area contributed by atoms with E-state index in [9.17, 15) is 19.2 Å². The molecule has 0 aromatic heterocycles. The van der Waals surface area contributed by atoms with E-state index < -0.39 is 60.7 Å². The summed E-state index contributed by atoms with van der Waals surface area (Å²) in [6, 6.07) is 23.8. The van der Waals surface area contributed by atoms with Gasteiger partial charge in [-0.05, 0) is 18.2 Å². The average molecular weight is 605 g/mol. The Labute approximate surface area is 253 Å². The molecule has 0 N–H and O–H groups in total. The van der Waals surface area contributed by atoms with Crippen molar-refractivity contribution in [2.24, 2.45) is 0 Å². The van der Waals surface area contributed by atoms with Crippen LogP contribution in [0.5, 0.6) is 11.5 Å². The number of hydrogen-bond donors (Lipinski definition) is 0. The highest BCUT2D eigenvalue weighted by Crippen LogP contribution is 2.48. The summed E-state index contributed by atoms with van der Waals surface area (Å²) < 4.78 is 40.3. The van der Waals surface area contributed by atoms with Gasteiger partial charge in [0.2, 0.25) is 0 Å². The number of ether oxygens (including phenoxy) is 7. The lowest BCUT2D eigenvalue weighted by Crippen LogP contribution is -2.53. The highest BCUT2D eigenvalue weighted by atomic mass is 16.7. The molecular formula is C33H32O11. The van der Waals surface area contributed by atoms with Gasteiger partial charge in [0.05, 0.1) is 0 Å². The molecule has 11 nitrogen and oxygen atoms in total. The molecule has 3 aromatic carbocycles. The van der Waals surface area contributed by atoms with Crippen molar-refractivity contribution in [3.63, 3.8) is 0 Å². The second-order valence-electron chi connectivity index (χ2n) is 10.3. The number of hydrogen-bond acceptors (Lipinski definition) is 11. The van der Waals surface area contributed by atoms with Crippen molar-refractivity contribution < 1.29 is 52.3 Å². The molecule has 44 heavy (non-hydrogen) atoms.